The van der Waals surface area contributed by atoms with Crippen LogP contribution in [-0.4, -0.2) is 17.3 Å². The molecule has 0 radical (unpaired) electrons. The molecule has 0 aliphatic heterocycles. The Hall–Kier alpha value is -0.0500. The van der Waals surface area contributed by atoms with Gasteiger partial charge >= 0.3 is 0 Å². The lowest BCUT2D eigenvalue weighted by atomic mass is 9.81. The van der Waals surface area contributed by atoms with E-state index in [0.717, 1.165) is 13.0 Å². The minimum absolute atomic E-state index is 0.199. The van der Waals surface area contributed by atoms with Gasteiger partial charge in [-0.15, -0.1) is 0 Å². The van der Waals surface area contributed by atoms with E-state index in [9.17, 15) is 4.79 Å². The van der Waals surface area contributed by atoms with E-state index in [1.807, 2.05) is 0 Å². The van der Waals surface area contributed by atoms with Crippen LogP contribution in [0.5, 0.6) is 0 Å². The maximum Gasteiger partial charge on any atom is 0.223 e. The molecule has 2 aliphatic carbocycles. The second-order valence-corrected chi connectivity index (χ2v) is 7.92. The third-order valence-corrected chi connectivity index (χ3v) is 6.13. The van der Waals surface area contributed by atoms with Crippen molar-refractivity contribution in [2.24, 2.45) is 17.3 Å². The van der Waals surface area contributed by atoms with E-state index >= 15 is 0 Å². The molecule has 0 aromatic heterocycles. The topological polar surface area (TPSA) is 29.1 Å². The van der Waals surface area contributed by atoms with Crippen molar-refractivity contribution in [1.29, 1.82) is 0 Å². The molecule has 0 heterocycles. The van der Waals surface area contributed by atoms with Crippen molar-refractivity contribution in [2.45, 2.75) is 63.6 Å². The van der Waals surface area contributed by atoms with Gasteiger partial charge < -0.3 is 5.32 Å². The van der Waals surface area contributed by atoms with Crippen molar-refractivity contribution in [3.63, 3.8) is 0 Å². The monoisotopic (exact) mass is 315 g/mol. The van der Waals surface area contributed by atoms with Gasteiger partial charge in [-0.3, -0.25) is 4.79 Å². The first-order chi connectivity index (χ1) is 8.50. The first-order valence-electron chi connectivity index (χ1n) is 7.42. The number of halogens is 1. The Bertz CT molecular complexity index is 303. The number of rotatable bonds is 3. The Morgan fingerprint density at radius 1 is 1.22 bits per heavy atom. The highest BCUT2D eigenvalue weighted by molar-refractivity contribution is 9.09. The van der Waals surface area contributed by atoms with Crippen LogP contribution in [0.25, 0.3) is 0 Å². The smallest absolute Gasteiger partial charge is 0.223 e. The maximum absolute atomic E-state index is 12.3. The van der Waals surface area contributed by atoms with Gasteiger partial charge in [-0.05, 0) is 37.0 Å². The molecule has 2 aliphatic rings. The third kappa shape index (κ3) is 3.28. The number of carbonyl (C=O) groups excluding carboxylic acids is 1. The fourth-order valence-corrected chi connectivity index (χ4v) is 4.33. The van der Waals surface area contributed by atoms with Crippen LogP contribution in [0.3, 0.4) is 0 Å². The van der Waals surface area contributed by atoms with Gasteiger partial charge in [-0.1, -0.05) is 49.0 Å². The van der Waals surface area contributed by atoms with Crippen LogP contribution < -0.4 is 5.32 Å². The molecule has 3 unspecified atom stereocenters. The first kappa shape index (κ1) is 14.4. The van der Waals surface area contributed by atoms with Gasteiger partial charge in [-0.2, -0.15) is 0 Å². The quantitative estimate of drug-likeness (QED) is 0.787. The molecular weight excluding hydrogens is 290 g/mol. The normalized spacial score (nSPS) is 35.4. The van der Waals surface area contributed by atoms with Crippen LogP contribution >= 0.6 is 15.9 Å². The average Bonchev–Trinajstić information content (AvgIpc) is 2.67. The molecule has 2 rings (SSSR count). The second kappa shape index (κ2) is 5.94. The Balaban J connectivity index is 1.81. The fourth-order valence-electron chi connectivity index (χ4n) is 3.56. The van der Waals surface area contributed by atoms with E-state index in [0.29, 0.717) is 16.7 Å². The zero-order valence-corrected chi connectivity index (χ0v) is 13.3. The van der Waals surface area contributed by atoms with Gasteiger partial charge in [0.15, 0.2) is 0 Å². The van der Waals surface area contributed by atoms with Crippen LogP contribution in [-0.2, 0) is 4.79 Å². The fraction of sp³-hybridized carbons (Fsp3) is 0.933. The lowest BCUT2D eigenvalue weighted by molar-refractivity contribution is -0.127. The summed E-state index contributed by atoms with van der Waals surface area (Å²) in [4.78, 5) is 12.9. The molecule has 2 saturated carbocycles. The lowest BCUT2D eigenvalue weighted by Gasteiger charge is -2.30. The minimum Gasteiger partial charge on any atom is -0.356 e. The predicted octanol–water partition coefficient (Wildman–Crippen LogP) is 3.88. The van der Waals surface area contributed by atoms with Gasteiger partial charge in [-0.25, -0.2) is 0 Å². The van der Waals surface area contributed by atoms with Gasteiger partial charge in [0.05, 0.1) is 0 Å². The van der Waals surface area contributed by atoms with Crippen molar-refractivity contribution >= 4 is 21.8 Å². The van der Waals surface area contributed by atoms with Crippen LogP contribution in [0.15, 0.2) is 0 Å². The highest BCUT2D eigenvalue weighted by atomic mass is 79.9. The second-order valence-electron chi connectivity index (χ2n) is 6.74. The molecule has 2 fully saturated rings. The summed E-state index contributed by atoms with van der Waals surface area (Å²) in [6.07, 6.45) is 8.62. The van der Waals surface area contributed by atoms with E-state index in [-0.39, 0.29) is 11.3 Å². The van der Waals surface area contributed by atoms with Gasteiger partial charge in [0.25, 0.3) is 0 Å². The summed E-state index contributed by atoms with van der Waals surface area (Å²) in [5.41, 5.74) is 0.199. The molecule has 0 aromatic rings. The predicted molar refractivity (Wildman–Crippen MR) is 78.8 cm³/mol. The van der Waals surface area contributed by atoms with Crippen LogP contribution in [0.1, 0.15) is 58.8 Å². The molecule has 3 atom stereocenters. The summed E-state index contributed by atoms with van der Waals surface area (Å²) in [6, 6.07) is 0. The summed E-state index contributed by atoms with van der Waals surface area (Å²) in [5.74, 6) is 1.16. The standard InChI is InChI=1S/C15H26BrNO/c1-15(2)9-5-7-12(15)14(18)17-10-11-6-3-4-8-13(11)16/h11-13H,3-10H2,1-2H3,(H,17,18). The summed E-state index contributed by atoms with van der Waals surface area (Å²) in [7, 11) is 0. The van der Waals surface area contributed by atoms with Crippen molar-refractivity contribution in [3.8, 4) is 0 Å². The SMILES string of the molecule is CC1(C)CCCC1C(=O)NCC1CCCCC1Br. The molecule has 0 bridgehead atoms. The zero-order valence-electron chi connectivity index (χ0n) is 11.7. The molecular formula is C15H26BrNO. The number of nitrogens with one attached hydrogen (secondary N) is 1. The van der Waals surface area contributed by atoms with E-state index < -0.39 is 0 Å². The van der Waals surface area contributed by atoms with E-state index in [1.54, 1.807) is 0 Å². The van der Waals surface area contributed by atoms with E-state index in [2.05, 4.69) is 35.1 Å². The van der Waals surface area contributed by atoms with E-state index in [1.165, 1.54) is 38.5 Å². The van der Waals surface area contributed by atoms with Gasteiger partial charge in [0, 0.05) is 17.3 Å². The van der Waals surface area contributed by atoms with Crippen molar-refractivity contribution in [3.05, 3.63) is 0 Å². The average molecular weight is 316 g/mol. The molecule has 0 spiro atoms. The van der Waals surface area contributed by atoms with Gasteiger partial charge in [0.2, 0.25) is 5.91 Å². The molecule has 0 saturated heterocycles. The summed E-state index contributed by atoms with van der Waals surface area (Å²) < 4.78 is 0. The minimum atomic E-state index is 0.199. The van der Waals surface area contributed by atoms with Crippen molar-refractivity contribution < 1.29 is 4.79 Å². The molecule has 3 heteroatoms. The molecule has 1 amide bonds. The largest absolute Gasteiger partial charge is 0.356 e. The number of carbonyl (C=O) groups is 1. The molecule has 1 N–H and O–H groups in total. The lowest BCUT2D eigenvalue weighted by Crippen LogP contribution is -2.40. The summed E-state index contributed by atoms with van der Waals surface area (Å²) in [6.45, 7) is 5.33. The number of hydrogen-bond donors (Lipinski definition) is 1. The van der Waals surface area contributed by atoms with Crippen molar-refractivity contribution in [2.75, 3.05) is 6.54 Å². The zero-order chi connectivity index (χ0) is 13.2. The van der Waals surface area contributed by atoms with Gasteiger partial charge in [0.1, 0.15) is 0 Å². The molecule has 104 valence electrons. The summed E-state index contributed by atoms with van der Waals surface area (Å²) in [5, 5.41) is 3.21. The Morgan fingerprint density at radius 2 is 1.94 bits per heavy atom. The Kier molecular flexibility index (Phi) is 4.74. The highest BCUT2D eigenvalue weighted by Crippen LogP contribution is 2.42. The first-order valence-corrected chi connectivity index (χ1v) is 8.34. The third-order valence-electron chi connectivity index (χ3n) is 4.93. The molecule has 2 nitrogen and oxygen atoms in total. The highest BCUT2D eigenvalue weighted by Gasteiger charge is 2.39. The van der Waals surface area contributed by atoms with Crippen LogP contribution in [0, 0.1) is 17.3 Å². The van der Waals surface area contributed by atoms with Crippen LogP contribution in [0.2, 0.25) is 0 Å². The van der Waals surface area contributed by atoms with Crippen LogP contribution in [0.4, 0.5) is 0 Å². The van der Waals surface area contributed by atoms with E-state index in [4.69, 9.17) is 0 Å². The molecule has 18 heavy (non-hydrogen) atoms. The Labute approximate surface area is 119 Å². The number of amides is 1. The maximum atomic E-state index is 12.3. The van der Waals surface area contributed by atoms with Crippen molar-refractivity contribution in [1.82, 2.24) is 5.32 Å². The Morgan fingerprint density at radius 3 is 2.56 bits per heavy atom. The summed E-state index contributed by atoms with van der Waals surface area (Å²) >= 11 is 3.76. The number of hydrogen-bond acceptors (Lipinski definition) is 1. The molecule has 0 aromatic carbocycles. The number of alkyl halides is 1.